The lowest BCUT2D eigenvalue weighted by Crippen LogP contribution is -2.55. The van der Waals surface area contributed by atoms with Gasteiger partial charge in [0.05, 0.1) is 16.4 Å². The Bertz CT molecular complexity index is 2230. The molecule has 3 aromatic heterocycles. The molecule has 0 spiro atoms. The molecule has 2 aliphatic heterocycles. The summed E-state index contributed by atoms with van der Waals surface area (Å²) in [7, 11) is -2.79. The van der Waals surface area contributed by atoms with Gasteiger partial charge in [0.15, 0.2) is 17.3 Å². The van der Waals surface area contributed by atoms with Crippen molar-refractivity contribution in [2.45, 2.75) is 188 Å². The molecule has 0 radical (unpaired) electrons. The Morgan fingerprint density at radius 1 is 0.765 bits per heavy atom. The van der Waals surface area contributed by atoms with Gasteiger partial charge in [-0.05, 0) is 128 Å². The number of carbonyl (C=O) groups excluding carboxylic acids is 4. The molecule has 5 rings (SSSR count). The van der Waals surface area contributed by atoms with E-state index in [-0.39, 0.29) is 49.8 Å². The fraction of sp³-hybridized carbons (Fsp3) is 0.688. The number of hydrogen-bond donors (Lipinski definition) is 0. The van der Waals surface area contributed by atoms with Crippen LogP contribution in [0.3, 0.4) is 0 Å². The molecule has 0 N–H and O–H groups in total. The van der Waals surface area contributed by atoms with E-state index in [4.69, 9.17) is 33.8 Å². The molecule has 3 aromatic rings. The van der Waals surface area contributed by atoms with Crippen molar-refractivity contribution in [3.8, 4) is 11.1 Å². The van der Waals surface area contributed by atoms with Gasteiger partial charge in [0.1, 0.15) is 30.3 Å². The van der Waals surface area contributed by atoms with E-state index in [0.717, 1.165) is 40.1 Å². The lowest BCUT2D eigenvalue weighted by atomic mass is 9.88. The molecule has 4 amide bonds. The molecule has 5 heterocycles. The van der Waals surface area contributed by atoms with Crippen LogP contribution in [0.2, 0.25) is 51.4 Å². The van der Waals surface area contributed by atoms with Gasteiger partial charge in [-0.1, -0.05) is 46.2 Å². The van der Waals surface area contributed by atoms with E-state index in [1.165, 1.54) is 0 Å². The number of halogens is 1. The van der Waals surface area contributed by atoms with Crippen molar-refractivity contribution in [2.24, 2.45) is 0 Å². The minimum atomic E-state index is -1.39. The van der Waals surface area contributed by atoms with E-state index in [2.05, 4.69) is 65.1 Å². The van der Waals surface area contributed by atoms with Crippen molar-refractivity contribution in [3.05, 3.63) is 34.7 Å². The van der Waals surface area contributed by atoms with Crippen LogP contribution in [0.4, 0.5) is 26.0 Å². The zero-order valence-corrected chi connectivity index (χ0v) is 47.0. The summed E-state index contributed by atoms with van der Waals surface area (Å²) in [6.07, 6.45) is 3.97. The monoisotopic (exact) mass is 1040 g/mol. The first kappa shape index (κ1) is 54.8. The molecule has 3 atom stereocenters. The highest BCUT2D eigenvalue weighted by atomic mass is 79.9. The largest absolute Gasteiger partial charge is 0.444 e. The fourth-order valence-electron chi connectivity index (χ4n) is 8.00. The summed E-state index contributed by atoms with van der Waals surface area (Å²) < 4.78 is 32.6. The predicted octanol–water partition coefficient (Wildman–Crippen LogP) is 11.5. The Labute approximate surface area is 414 Å². The van der Waals surface area contributed by atoms with Crippen LogP contribution < -0.4 is 9.91 Å². The maximum Gasteiger partial charge on any atom is 0.437 e. The van der Waals surface area contributed by atoms with Crippen LogP contribution in [0.1, 0.15) is 113 Å². The summed E-state index contributed by atoms with van der Waals surface area (Å²) in [6, 6.07) is 5.25. The number of imide groups is 1. The van der Waals surface area contributed by atoms with Crippen molar-refractivity contribution in [1.82, 2.24) is 29.5 Å². The number of piperidine rings is 1. The standard InChI is InChI=1S/C48H77BrN8O9Si2/c1-17-38(58)57(45(61)66-48(8,9)10)56(44(60)65-47(5,6)7)37-21-18-32(28-50-37)36-29-51-55-41(36)52-40(33-26-34-19-20-35(27-33)54(34)43(59)64-46(2,3)4)39(49)42(55)53(30-62-22-24-67(11,12)13)31-63-23-25-68(14,15)16/h18,21,28-29,33-35H,17,19-20,22-27,30-31H2,1-16H3/t33?,34-,35+. The maximum atomic E-state index is 13.9. The number of rotatable bonds is 15. The van der Waals surface area contributed by atoms with Gasteiger partial charge in [0.2, 0.25) is 0 Å². The van der Waals surface area contributed by atoms with Crippen LogP contribution in [-0.4, -0.2) is 125 Å². The van der Waals surface area contributed by atoms with Crippen molar-refractivity contribution < 1.29 is 42.9 Å². The minimum Gasteiger partial charge on any atom is -0.444 e. The highest BCUT2D eigenvalue weighted by Gasteiger charge is 2.46. The van der Waals surface area contributed by atoms with Crippen LogP contribution in [0.25, 0.3) is 16.8 Å². The first-order chi connectivity index (χ1) is 31.4. The Balaban J connectivity index is 1.64. The van der Waals surface area contributed by atoms with Gasteiger partial charge in [0, 0.05) is 71.1 Å². The molecule has 0 aliphatic carbocycles. The van der Waals surface area contributed by atoms with E-state index in [9.17, 15) is 19.2 Å². The summed E-state index contributed by atoms with van der Waals surface area (Å²) in [5, 5.41) is 6.40. The van der Waals surface area contributed by atoms with Crippen LogP contribution in [0.5, 0.6) is 0 Å². The number of nitrogens with zero attached hydrogens (tertiary/aromatic N) is 8. The van der Waals surface area contributed by atoms with Crippen molar-refractivity contribution in [1.29, 1.82) is 0 Å². The quantitative estimate of drug-likeness (QED) is 0.0463. The Morgan fingerprint density at radius 3 is 1.76 bits per heavy atom. The number of aromatic nitrogens is 4. The molecule has 0 aromatic carbocycles. The molecule has 2 fully saturated rings. The molecule has 2 aliphatic rings. The molecular formula is C48H77BrN8O9Si2. The summed E-state index contributed by atoms with van der Waals surface area (Å²) in [5.74, 6) is -0.0517. The van der Waals surface area contributed by atoms with Gasteiger partial charge in [-0.3, -0.25) is 4.79 Å². The molecule has 1 unspecified atom stereocenters. The third-order valence-electron chi connectivity index (χ3n) is 11.3. The highest BCUT2D eigenvalue weighted by molar-refractivity contribution is 9.10. The first-order valence-corrected chi connectivity index (χ1v) is 32.1. The molecule has 0 saturated carbocycles. The average molecular weight is 1050 g/mol. The normalized spacial score (nSPS) is 17.8. The van der Waals surface area contributed by atoms with Crippen LogP contribution in [0.15, 0.2) is 29.0 Å². The van der Waals surface area contributed by atoms with Gasteiger partial charge >= 0.3 is 18.3 Å². The lowest BCUT2D eigenvalue weighted by Gasteiger charge is -2.39. The number of ether oxygens (including phenoxy) is 5. The number of hydrazine groups is 1. The third-order valence-corrected chi connectivity index (χ3v) is 15.4. The second-order valence-corrected chi connectivity index (χ2v) is 35.4. The van der Waals surface area contributed by atoms with Gasteiger partial charge in [-0.15, -0.1) is 5.01 Å². The van der Waals surface area contributed by atoms with Gasteiger partial charge in [-0.2, -0.15) is 14.6 Å². The fourth-order valence-corrected chi connectivity index (χ4v) is 10.3. The Kier molecular flexibility index (Phi) is 17.3. The minimum absolute atomic E-state index is 0.0123. The van der Waals surface area contributed by atoms with E-state index in [1.807, 2.05) is 25.7 Å². The zero-order chi connectivity index (χ0) is 50.7. The van der Waals surface area contributed by atoms with Crippen LogP contribution >= 0.6 is 15.9 Å². The van der Waals surface area contributed by atoms with Crippen molar-refractivity contribution >= 4 is 73.5 Å². The van der Waals surface area contributed by atoms with Gasteiger partial charge in [-0.25, -0.2) is 24.4 Å². The smallest absolute Gasteiger partial charge is 0.437 e. The Hall–Kier alpha value is -4.12. The second-order valence-electron chi connectivity index (χ2n) is 23.3. The van der Waals surface area contributed by atoms with Crippen LogP contribution in [-0.2, 0) is 28.5 Å². The highest BCUT2D eigenvalue weighted by Crippen LogP contribution is 2.47. The first-order valence-electron chi connectivity index (χ1n) is 23.9. The molecule has 2 saturated heterocycles. The second kappa shape index (κ2) is 21.5. The predicted molar refractivity (Wildman–Crippen MR) is 273 cm³/mol. The molecule has 68 heavy (non-hydrogen) atoms. The maximum absolute atomic E-state index is 13.9. The summed E-state index contributed by atoms with van der Waals surface area (Å²) in [4.78, 5) is 68.7. The molecule has 2 bridgehead atoms. The van der Waals surface area contributed by atoms with E-state index in [0.29, 0.717) is 53.7 Å². The van der Waals surface area contributed by atoms with E-state index >= 15 is 0 Å². The number of hydrogen-bond acceptors (Lipinski definition) is 13. The number of anilines is 2. The average Bonchev–Trinajstić information content (AvgIpc) is 3.73. The number of carbonyl (C=O) groups is 4. The van der Waals surface area contributed by atoms with Gasteiger partial charge in [0.25, 0.3) is 5.91 Å². The third kappa shape index (κ3) is 14.7. The Morgan fingerprint density at radius 2 is 1.29 bits per heavy atom. The van der Waals surface area contributed by atoms with E-state index < -0.39 is 51.0 Å². The lowest BCUT2D eigenvalue weighted by molar-refractivity contribution is -0.130. The number of pyridine rings is 1. The van der Waals surface area contributed by atoms with Crippen molar-refractivity contribution in [3.63, 3.8) is 0 Å². The number of fused-ring (bicyclic) bond motifs is 3. The van der Waals surface area contributed by atoms with Crippen molar-refractivity contribution in [2.75, 3.05) is 36.6 Å². The molecular weight excluding hydrogens is 969 g/mol. The molecule has 20 heteroatoms. The summed E-state index contributed by atoms with van der Waals surface area (Å²) in [6.45, 7) is 33.0. The summed E-state index contributed by atoms with van der Waals surface area (Å²) >= 11 is 4.05. The zero-order valence-electron chi connectivity index (χ0n) is 43.4. The van der Waals surface area contributed by atoms with Gasteiger partial charge < -0.3 is 33.5 Å². The topological polar surface area (TPSA) is 170 Å². The summed E-state index contributed by atoms with van der Waals surface area (Å²) in [5.41, 5.74) is 0.0577. The SMILES string of the molecule is CCC(=O)N(C(=O)OC(C)(C)C)N(C(=O)OC(C)(C)C)c1ccc(-c2cnn3c(N(COCC[Si](C)(C)C)COCC[Si](C)(C)C)c(Br)c(C4C[C@H]5CC[C@@H](C4)N5C(=O)OC(C)(C)C)nc23)cn1. The van der Waals surface area contributed by atoms with Crippen LogP contribution in [0, 0.1) is 0 Å². The molecule has 378 valence electrons. The number of amides is 4. The van der Waals surface area contributed by atoms with E-state index in [1.54, 1.807) is 77.5 Å². The molecule has 17 nitrogen and oxygen atoms in total.